The highest BCUT2D eigenvalue weighted by molar-refractivity contribution is 7.99. The fourth-order valence-corrected chi connectivity index (χ4v) is 5.43. The van der Waals surface area contributed by atoms with Crippen molar-refractivity contribution in [3.63, 3.8) is 0 Å². The number of hydrogen-bond donors (Lipinski definition) is 1. The van der Waals surface area contributed by atoms with E-state index in [1.165, 1.54) is 35.2 Å². The van der Waals surface area contributed by atoms with Crippen LogP contribution in [-0.4, -0.2) is 38.0 Å². The Balaban J connectivity index is 1.27. The summed E-state index contributed by atoms with van der Waals surface area (Å²) in [5, 5.41) is 12.8. The van der Waals surface area contributed by atoms with E-state index in [-0.39, 0.29) is 17.5 Å². The van der Waals surface area contributed by atoms with E-state index >= 15 is 0 Å². The molecule has 5 rings (SSSR count). The standard InChI is InChI=1S/C29H26FN5O2S2/c1-2-16-37-24-14-10-21(11-15-24)27-33-34-29(35(27)23-6-4-3-5-7-23)38-19-26(36)32-28-31-18-25(39-28)17-20-8-12-22(30)13-9-20/h3-15,18H,2,16-17,19H2,1H3,(H,31,32,36). The third-order valence-corrected chi connectivity index (χ3v) is 7.50. The van der Waals surface area contributed by atoms with Crippen molar-refractivity contribution in [1.29, 1.82) is 0 Å². The van der Waals surface area contributed by atoms with E-state index < -0.39 is 0 Å². The van der Waals surface area contributed by atoms with Crippen LogP contribution in [0.2, 0.25) is 0 Å². The van der Waals surface area contributed by atoms with Gasteiger partial charge >= 0.3 is 0 Å². The Labute approximate surface area is 234 Å². The first-order valence-electron chi connectivity index (χ1n) is 12.4. The van der Waals surface area contributed by atoms with Gasteiger partial charge in [0, 0.05) is 28.7 Å². The second-order valence-corrected chi connectivity index (χ2v) is 10.7. The van der Waals surface area contributed by atoms with Crippen LogP contribution < -0.4 is 10.1 Å². The van der Waals surface area contributed by atoms with Crippen molar-refractivity contribution in [1.82, 2.24) is 19.7 Å². The van der Waals surface area contributed by atoms with Gasteiger partial charge in [-0.2, -0.15) is 0 Å². The third kappa shape index (κ3) is 6.90. The molecule has 3 aromatic carbocycles. The van der Waals surface area contributed by atoms with Crippen molar-refractivity contribution in [3.8, 4) is 22.8 Å². The molecule has 0 fully saturated rings. The van der Waals surface area contributed by atoms with Crippen molar-refractivity contribution in [2.75, 3.05) is 17.7 Å². The fraction of sp³-hybridized carbons (Fsp3) is 0.172. The summed E-state index contributed by atoms with van der Waals surface area (Å²) in [6.45, 7) is 2.74. The van der Waals surface area contributed by atoms with E-state index in [1.54, 1.807) is 18.3 Å². The zero-order valence-electron chi connectivity index (χ0n) is 21.2. The molecule has 198 valence electrons. The van der Waals surface area contributed by atoms with Gasteiger partial charge in [0.15, 0.2) is 16.1 Å². The number of anilines is 1. The van der Waals surface area contributed by atoms with Gasteiger partial charge < -0.3 is 10.1 Å². The summed E-state index contributed by atoms with van der Waals surface area (Å²) >= 11 is 2.70. The van der Waals surface area contributed by atoms with Crippen LogP contribution in [0.4, 0.5) is 9.52 Å². The van der Waals surface area contributed by atoms with Crippen molar-refractivity contribution in [2.45, 2.75) is 24.9 Å². The largest absolute Gasteiger partial charge is 0.494 e. The molecule has 0 saturated carbocycles. The maximum Gasteiger partial charge on any atom is 0.236 e. The number of para-hydroxylation sites is 1. The van der Waals surface area contributed by atoms with Crippen LogP contribution in [0.25, 0.3) is 17.1 Å². The summed E-state index contributed by atoms with van der Waals surface area (Å²) in [4.78, 5) is 18.1. The lowest BCUT2D eigenvalue weighted by Crippen LogP contribution is -2.14. The molecule has 1 amide bonds. The molecule has 0 atom stereocenters. The summed E-state index contributed by atoms with van der Waals surface area (Å²) in [5.41, 5.74) is 2.77. The molecule has 0 aliphatic rings. The average molecular weight is 560 g/mol. The molecule has 39 heavy (non-hydrogen) atoms. The number of nitrogens with zero attached hydrogens (tertiary/aromatic N) is 4. The Kier molecular flexibility index (Phi) is 8.65. The van der Waals surface area contributed by atoms with Crippen LogP contribution in [0.1, 0.15) is 23.8 Å². The number of hydrogen-bond acceptors (Lipinski definition) is 7. The molecular formula is C29H26FN5O2S2. The van der Waals surface area contributed by atoms with Crippen LogP contribution in [0, 0.1) is 5.82 Å². The van der Waals surface area contributed by atoms with Gasteiger partial charge in [0.25, 0.3) is 0 Å². The number of thiazole rings is 1. The zero-order valence-corrected chi connectivity index (χ0v) is 22.8. The van der Waals surface area contributed by atoms with Gasteiger partial charge in [-0.15, -0.1) is 21.5 Å². The highest BCUT2D eigenvalue weighted by Gasteiger charge is 2.18. The predicted molar refractivity (Wildman–Crippen MR) is 153 cm³/mol. The highest BCUT2D eigenvalue weighted by atomic mass is 32.2. The molecule has 0 unspecified atom stereocenters. The Morgan fingerprint density at radius 2 is 1.79 bits per heavy atom. The zero-order chi connectivity index (χ0) is 27.0. The lowest BCUT2D eigenvalue weighted by Gasteiger charge is -2.11. The molecule has 1 N–H and O–H groups in total. The van der Waals surface area contributed by atoms with Gasteiger partial charge in [-0.25, -0.2) is 9.37 Å². The molecular weight excluding hydrogens is 533 g/mol. The van der Waals surface area contributed by atoms with Crippen molar-refractivity contribution in [3.05, 3.63) is 101 Å². The predicted octanol–water partition coefficient (Wildman–Crippen LogP) is 6.64. The molecule has 0 aliphatic carbocycles. The van der Waals surface area contributed by atoms with Crippen LogP contribution in [0.15, 0.2) is 90.2 Å². The molecule has 0 spiro atoms. The molecule has 0 saturated heterocycles. The van der Waals surface area contributed by atoms with Crippen LogP contribution >= 0.6 is 23.1 Å². The molecule has 0 aliphatic heterocycles. The van der Waals surface area contributed by atoms with Crippen LogP contribution in [0.3, 0.4) is 0 Å². The first kappa shape index (κ1) is 26.6. The SMILES string of the molecule is CCCOc1ccc(-c2nnc(SCC(=O)Nc3ncc(Cc4ccc(F)cc4)s3)n2-c2ccccc2)cc1. The van der Waals surface area contributed by atoms with Gasteiger partial charge in [0.05, 0.1) is 12.4 Å². The minimum atomic E-state index is -0.265. The van der Waals surface area contributed by atoms with Gasteiger partial charge in [0.1, 0.15) is 11.6 Å². The van der Waals surface area contributed by atoms with E-state index in [1.807, 2.05) is 59.2 Å². The monoisotopic (exact) mass is 559 g/mol. The lowest BCUT2D eigenvalue weighted by atomic mass is 10.1. The highest BCUT2D eigenvalue weighted by Crippen LogP contribution is 2.29. The van der Waals surface area contributed by atoms with Crippen molar-refractivity contribution >= 4 is 34.1 Å². The fourth-order valence-electron chi connectivity index (χ4n) is 3.82. The Bertz CT molecular complexity index is 1520. The summed E-state index contributed by atoms with van der Waals surface area (Å²) in [7, 11) is 0. The first-order chi connectivity index (χ1) is 19.1. The molecule has 5 aromatic rings. The topological polar surface area (TPSA) is 81.9 Å². The number of carbonyl (C=O) groups excluding carboxylic acids is 1. The van der Waals surface area contributed by atoms with Crippen molar-refractivity contribution in [2.24, 2.45) is 0 Å². The van der Waals surface area contributed by atoms with E-state index in [0.717, 1.165) is 33.9 Å². The summed E-state index contributed by atoms with van der Waals surface area (Å²) < 4.78 is 20.8. The van der Waals surface area contributed by atoms with Gasteiger partial charge in [-0.3, -0.25) is 9.36 Å². The lowest BCUT2D eigenvalue weighted by molar-refractivity contribution is -0.113. The van der Waals surface area contributed by atoms with Crippen LogP contribution in [-0.2, 0) is 11.2 Å². The molecule has 10 heteroatoms. The van der Waals surface area contributed by atoms with E-state index in [0.29, 0.717) is 29.1 Å². The maximum atomic E-state index is 13.2. The van der Waals surface area contributed by atoms with Crippen LogP contribution in [0.5, 0.6) is 5.75 Å². The normalized spacial score (nSPS) is 10.9. The molecule has 2 heterocycles. The van der Waals surface area contributed by atoms with E-state index in [4.69, 9.17) is 4.74 Å². The van der Waals surface area contributed by atoms with E-state index in [2.05, 4.69) is 27.4 Å². The number of halogens is 1. The molecule has 0 bridgehead atoms. The Hall–Kier alpha value is -4.02. The van der Waals surface area contributed by atoms with Gasteiger partial charge in [-0.1, -0.05) is 49.0 Å². The number of rotatable bonds is 11. The average Bonchev–Trinajstić information content (AvgIpc) is 3.59. The first-order valence-corrected chi connectivity index (χ1v) is 14.2. The number of amides is 1. The quantitative estimate of drug-likeness (QED) is 0.183. The summed E-state index contributed by atoms with van der Waals surface area (Å²) in [5.74, 6) is 1.17. The molecule has 7 nitrogen and oxygen atoms in total. The Morgan fingerprint density at radius 3 is 2.54 bits per heavy atom. The van der Waals surface area contributed by atoms with Gasteiger partial charge in [-0.05, 0) is 60.5 Å². The number of ether oxygens (including phenoxy) is 1. The van der Waals surface area contributed by atoms with Crippen molar-refractivity contribution < 1.29 is 13.9 Å². The third-order valence-electron chi connectivity index (χ3n) is 5.66. The number of benzene rings is 3. The second-order valence-electron chi connectivity index (χ2n) is 8.62. The minimum Gasteiger partial charge on any atom is -0.494 e. The second kappa shape index (κ2) is 12.7. The van der Waals surface area contributed by atoms with E-state index in [9.17, 15) is 9.18 Å². The number of nitrogens with one attached hydrogen (secondary N) is 1. The number of aromatic nitrogens is 4. The summed E-state index contributed by atoms with van der Waals surface area (Å²) in [6.07, 6.45) is 3.29. The minimum absolute atomic E-state index is 0.141. The molecule has 0 radical (unpaired) electrons. The summed E-state index contributed by atoms with van der Waals surface area (Å²) in [6, 6.07) is 23.9. The number of carbonyl (C=O) groups is 1. The molecule has 2 aromatic heterocycles. The van der Waals surface area contributed by atoms with Gasteiger partial charge in [0.2, 0.25) is 5.91 Å². The Morgan fingerprint density at radius 1 is 1.03 bits per heavy atom. The maximum absolute atomic E-state index is 13.2. The smallest absolute Gasteiger partial charge is 0.236 e. The number of thioether (sulfide) groups is 1.